The number of anilines is 2. The van der Waals surface area contributed by atoms with Gasteiger partial charge < -0.3 is 5.32 Å². The van der Waals surface area contributed by atoms with Crippen LogP contribution in [0.3, 0.4) is 0 Å². The molecule has 10 heteroatoms. The van der Waals surface area contributed by atoms with Crippen molar-refractivity contribution in [3.8, 4) is 0 Å². The molecule has 0 bridgehead atoms. The largest absolute Gasteiger partial charge is 0.321 e. The van der Waals surface area contributed by atoms with Crippen LogP contribution in [0.25, 0.3) is 0 Å². The van der Waals surface area contributed by atoms with Crippen LogP contribution < -0.4 is 9.62 Å². The molecule has 1 N–H and O–H groups in total. The van der Waals surface area contributed by atoms with Crippen LogP contribution in [0.4, 0.5) is 17.1 Å². The van der Waals surface area contributed by atoms with Crippen LogP contribution >= 0.6 is 11.6 Å². The Kier molecular flexibility index (Phi) is 7.80. The fourth-order valence-electron chi connectivity index (χ4n) is 3.92. The van der Waals surface area contributed by atoms with E-state index in [0.29, 0.717) is 10.6 Å². The van der Waals surface area contributed by atoms with Gasteiger partial charge in [0.1, 0.15) is 0 Å². The number of hydrogen-bond donors (Lipinski definition) is 1. The van der Waals surface area contributed by atoms with Crippen molar-refractivity contribution in [2.45, 2.75) is 25.3 Å². The SMILES string of the molecule is Cc1ccc(S(=O)(=O)N(Cc2ccc(Cl)cc2)c2ccccc2C(=O)Nc2cccc([N+](=O)[O-])c2C)cc1. The minimum absolute atomic E-state index is 0.0620. The molecule has 0 heterocycles. The Morgan fingerprint density at radius 1 is 0.921 bits per heavy atom. The lowest BCUT2D eigenvalue weighted by molar-refractivity contribution is -0.385. The quantitative estimate of drug-likeness (QED) is 0.199. The monoisotopic (exact) mass is 549 g/mol. The summed E-state index contributed by atoms with van der Waals surface area (Å²) in [6.45, 7) is 3.33. The lowest BCUT2D eigenvalue weighted by Gasteiger charge is -2.27. The lowest BCUT2D eigenvalue weighted by Crippen LogP contribution is -2.32. The summed E-state index contributed by atoms with van der Waals surface area (Å²) >= 11 is 6.03. The second-order valence-electron chi connectivity index (χ2n) is 8.63. The Hall–Kier alpha value is -4.21. The van der Waals surface area contributed by atoms with E-state index in [4.69, 9.17) is 11.6 Å². The number of carbonyl (C=O) groups excluding carboxylic acids is 1. The minimum Gasteiger partial charge on any atom is -0.321 e. The number of sulfonamides is 1. The van der Waals surface area contributed by atoms with Gasteiger partial charge in [0.25, 0.3) is 21.6 Å². The molecule has 8 nitrogen and oxygen atoms in total. The summed E-state index contributed by atoms with van der Waals surface area (Å²) in [5.74, 6) is -0.607. The zero-order valence-corrected chi connectivity index (χ0v) is 22.2. The zero-order chi connectivity index (χ0) is 27.4. The Balaban J connectivity index is 1.80. The van der Waals surface area contributed by atoms with Gasteiger partial charge in [-0.1, -0.05) is 59.6 Å². The van der Waals surface area contributed by atoms with Crippen LogP contribution in [0.5, 0.6) is 0 Å². The minimum atomic E-state index is -4.10. The number of hydrogen-bond acceptors (Lipinski definition) is 5. The van der Waals surface area contributed by atoms with Crippen LogP contribution in [0, 0.1) is 24.0 Å². The molecular weight excluding hydrogens is 526 g/mol. The van der Waals surface area contributed by atoms with Crippen LogP contribution in [0.2, 0.25) is 5.02 Å². The number of amides is 1. The number of nitro groups is 1. The molecule has 0 aromatic heterocycles. The molecule has 0 fully saturated rings. The van der Waals surface area contributed by atoms with Gasteiger partial charge in [0.05, 0.1) is 38.9 Å². The Labute approximate surface area is 225 Å². The van der Waals surface area contributed by atoms with Gasteiger partial charge in [0.15, 0.2) is 0 Å². The van der Waals surface area contributed by atoms with E-state index >= 15 is 0 Å². The summed E-state index contributed by atoms with van der Waals surface area (Å²) in [7, 11) is -4.10. The molecule has 0 spiro atoms. The summed E-state index contributed by atoms with van der Waals surface area (Å²) in [5, 5.41) is 14.6. The molecule has 0 radical (unpaired) electrons. The van der Waals surface area contributed by atoms with E-state index in [1.807, 2.05) is 6.92 Å². The van der Waals surface area contributed by atoms with E-state index in [2.05, 4.69) is 5.32 Å². The predicted octanol–water partition coefficient (Wildman–Crippen LogP) is 6.51. The van der Waals surface area contributed by atoms with Crippen LogP contribution in [-0.2, 0) is 16.6 Å². The average Bonchev–Trinajstić information content (AvgIpc) is 2.89. The van der Waals surface area contributed by atoms with Crippen molar-refractivity contribution >= 4 is 44.6 Å². The highest BCUT2D eigenvalue weighted by Crippen LogP contribution is 2.31. The third kappa shape index (κ3) is 5.69. The van der Waals surface area contributed by atoms with Crippen molar-refractivity contribution in [3.63, 3.8) is 0 Å². The van der Waals surface area contributed by atoms with Crippen molar-refractivity contribution in [2.75, 3.05) is 9.62 Å². The summed E-state index contributed by atoms with van der Waals surface area (Å²) in [6.07, 6.45) is 0. The molecule has 0 aliphatic carbocycles. The highest BCUT2D eigenvalue weighted by atomic mass is 35.5. The normalized spacial score (nSPS) is 11.1. The summed E-state index contributed by atoms with van der Waals surface area (Å²) in [5.41, 5.74) is 2.21. The second kappa shape index (κ2) is 11.0. The summed E-state index contributed by atoms with van der Waals surface area (Å²) in [6, 6.07) is 23.9. The first-order chi connectivity index (χ1) is 18.1. The number of rotatable bonds is 8. The standard InChI is InChI=1S/C28H24ClN3O5S/c1-19-10-16-23(17-11-19)38(36,37)31(18-21-12-14-22(29)15-13-21)27-8-4-3-6-24(27)28(33)30-25-7-5-9-26(20(25)2)32(34)35/h3-17H,18H2,1-2H3,(H,30,33). The Morgan fingerprint density at radius 3 is 2.24 bits per heavy atom. The molecule has 0 saturated carbocycles. The number of halogens is 1. The zero-order valence-electron chi connectivity index (χ0n) is 20.6. The van der Waals surface area contributed by atoms with E-state index in [-0.39, 0.29) is 39.6 Å². The molecule has 0 saturated heterocycles. The average molecular weight is 550 g/mol. The molecular formula is C28H24ClN3O5S. The summed E-state index contributed by atoms with van der Waals surface area (Å²) < 4.78 is 29.0. The van der Waals surface area contributed by atoms with Crippen molar-refractivity contribution in [1.82, 2.24) is 0 Å². The van der Waals surface area contributed by atoms with E-state index < -0.39 is 20.9 Å². The summed E-state index contributed by atoms with van der Waals surface area (Å²) in [4.78, 5) is 24.3. The first kappa shape index (κ1) is 26.8. The fraction of sp³-hybridized carbons (Fsp3) is 0.107. The van der Waals surface area contributed by atoms with Gasteiger partial charge in [0.2, 0.25) is 0 Å². The Bertz CT molecular complexity index is 1600. The highest BCUT2D eigenvalue weighted by molar-refractivity contribution is 7.92. The maximum atomic E-state index is 13.9. The molecule has 4 aromatic carbocycles. The third-order valence-corrected chi connectivity index (χ3v) is 8.04. The van der Waals surface area contributed by atoms with E-state index in [0.717, 1.165) is 5.56 Å². The fourth-order valence-corrected chi connectivity index (χ4v) is 5.52. The van der Waals surface area contributed by atoms with E-state index in [1.165, 1.54) is 41.6 Å². The molecule has 0 aliphatic rings. The van der Waals surface area contributed by atoms with Gasteiger partial charge in [-0.05, 0) is 61.9 Å². The van der Waals surface area contributed by atoms with Crippen LogP contribution in [0.15, 0.2) is 95.9 Å². The topological polar surface area (TPSA) is 110 Å². The van der Waals surface area contributed by atoms with Gasteiger partial charge in [0, 0.05) is 11.1 Å². The van der Waals surface area contributed by atoms with E-state index in [9.17, 15) is 23.3 Å². The highest BCUT2D eigenvalue weighted by Gasteiger charge is 2.29. The van der Waals surface area contributed by atoms with Gasteiger partial charge >= 0.3 is 0 Å². The lowest BCUT2D eigenvalue weighted by atomic mass is 10.1. The van der Waals surface area contributed by atoms with Gasteiger partial charge in [-0.15, -0.1) is 0 Å². The number of nitrogens with zero attached hydrogens (tertiary/aromatic N) is 2. The Morgan fingerprint density at radius 2 is 1.58 bits per heavy atom. The molecule has 0 aliphatic heterocycles. The smallest absolute Gasteiger partial charge is 0.274 e. The van der Waals surface area contributed by atoms with Crippen molar-refractivity contribution in [3.05, 3.63) is 128 Å². The number of para-hydroxylation sites is 1. The molecule has 0 unspecified atom stereocenters. The number of nitrogens with one attached hydrogen (secondary N) is 1. The molecule has 4 aromatic rings. The van der Waals surface area contributed by atoms with Gasteiger partial charge in [-0.3, -0.25) is 19.2 Å². The second-order valence-corrected chi connectivity index (χ2v) is 10.9. The van der Waals surface area contributed by atoms with E-state index in [1.54, 1.807) is 60.7 Å². The molecule has 1 amide bonds. The first-order valence-electron chi connectivity index (χ1n) is 11.6. The van der Waals surface area contributed by atoms with Gasteiger partial charge in [-0.2, -0.15) is 0 Å². The maximum absolute atomic E-state index is 13.9. The molecule has 4 rings (SSSR count). The third-order valence-electron chi connectivity index (χ3n) is 6.02. The van der Waals surface area contributed by atoms with Crippen LogP contribution in [-0.4, -0.2) is 19.2 Å². The first-order valence-corrected chi connectivity index (χ1v) is 13.4. The molecule has 38 heavy (non-hydrogen) atoms. The van der Waals surface area contributed by atoms with Crippen molar-refractivity contribution in [1.29, 1.82) is 0 Å². The predicted molar refractivity (Wildman–Crippen MR) is 148 cm³/mol. The number of nitro benzene ring substituents is 1. The van der Waals surface area contributed by atoms with Crippen molar-refractivity contribution < 1.29 is 18.1 Å². The van der Waals surface area contributed by atoms with Crippen molar-refractivity contribution in [2.24, 2.45) is 0 Å². The molecule has 0 atom stereocenters. The number of carbonyl (C=O) groups is 1. The number of aryl methyl sites for hydroxylation is 1. The number of benzene rings is 4. The van der Waals surface area contributed by atoms with Gasteiger partial charge in [-0.25, -0.2) is 8.42 Å². The molecule has 194 valence electrons. The van der Waals surface area contributed by atoms with Crippen LogP contribution in [0.1, 0.15) is 27.0 Å². The maximum Gasteiger partial charge on any atom is 0.274 e.